The van der Waals surface area contributed by atoms with Crippen molar-refractivity contribution in [1.29, 1.82) is 0 Å². The molecule has 3 fully saturated rings. The van der Waals surface area contributed by atoms with E-state index in [0.717, 1.165) is 30.9 Å². The number of amides is 1. The lowest BCUT2D eigenvalue weighted by Crippen LogP contribution is -2.42. The minimum absolute atomic E-state index is 0.0816. The molecular formula is C13H20N2OS. The Balaban J connectivity index is 1.80. The summed E-state index contributed by atoms with van der Waals surface area (Å²) in [5.74, 6) is 0.293. The van der Waals surface area contributed by atoms with Crippen LogP contribution in [0.2, 0.25) is 0 Å². The standard InChI is InChI=1S/C13H20N2OS/c16-12-11-8-4-5-9-14(11)13(17)15(12)10-6-2-1-3-7-10/h10-11H,1-9H2. The van der Waals surface area contributed by atoms with Crippen molar-refractivity contribution in [3.63, 3.8) is 0 Å². The van der Waals surface area contributed by atoms with E-state index in [9.17, 15) is 4.79 Å². The van der Waals surface area contributed by atoms with Crippen LogP contribution in [0.1, 0.15) is 51.4 Å². The van der Waals surface area contributed by atoms with Crippen LogP contribution in [-0.2, 0) is 4.79 Å². The fourth-order valence-electron chi connectivity index (χ4n) is 3.49. The van der Waals surface area contributed by atoms with Crippen molar-refractivity contribution in [3.05, 3.63) is 0 Å². The predicted octanol–water partition coefficient (Wildman–Crippen LogP) is 2.30. The molecule has 2 saturated heterocycles. The van der Waals surface area contributed by atoms with E-state index in [2.05, 4.69) is 4.90 Å². The first-order chi connectivity index (χ1) is 8.29. The van der Waals surface area contributed by atoms with Crippen molar-refractivity contribution in [2.45, 2.75) is 63.5 Å². The molecule has 0 N–H and O–H groups in total. The van der Waals surface area contributed by atoms with E-state index in [-0.39, 0.29) is 6.04 Å². The Labute approximate surface area is 108 Å². The van der Waals surface area contributed by atoms with Crippen molar-refractivity contribution in [2.75, 3.05) is 6.54 Å². The maximum atomic E-state index is 12.4. The highest BCUT2D eigenvalue weighted by molar-refractivity contribution is 7.80. The van der Waals surface area contributed by atoms with E-state index in [1.54, 1.807) is 0 Å². The zero-order valence-electron chi connectivity index (χ0n) is 10.2. The van der Waals surface area contributed by atoms with Gasteiger partial charge in [-0.1, -0.05) is 19.3 Å². The van der Waals surface area contributed by atoms with Gasteiger partial charge in [-0.25, -0.2) is 0 Å². The number of hydrogen-bond donors (Lipinski definition) is 0. The van der Waals surface area contributed by atoms with E-state index in [0.29, 0.717) is 11.9 Å². The lowest BCUT2D eigenvalue weighted by molar-refractivity contribution is -0.130. The highest BCUT2D eigenvalue weighted by Crippen LogP contribution is 2.32. The van der Waals surface area contributed by atoms with Gasteiger partial charge in [0.15, 0.2) is 5.11 Å². The summed E-state index contributed by atoms with van der Waals surface area (Å²) in [6.07, 6.45) is 9.47. The minimum Gasteiger partial charge on any atom is -0.337 e. The fraction of sp³-hybridized carbons (Fsp3) is 0.846. The number of thiocarbonyl (C=S) groups is 1. The Bertz CT molecular complexity index is 314. The van der Waals surface area contributed by atoms with Crippen molar-refractivity contribution in [1.82, 2.24) is 9.80 Å². The molecule has 1 unspecified atom stereocenters. The molecule has 2 heterocycles. The van der Waals surface area contributed by atoms with Gasteiger partial charge in [-0.3, -0.25) is 9.69 Å². The second-order valence-electron chi connectivity index (χ2n) is 5.49. The first-order valence-corrected chi connectivity index (χ1v) is 7.33. The molecule has 0 aromatic heterocycles. The normalized spacial score (nSPS) is 30.9. The van der Waals surface area contributed by atoms with Gasteiger partial charge in [-0.15, -0.1) is 0 Å². The average Bonchev–Trinajstić information content (AvgIpc) is 2.64. The molecule has 17 heavy (non-hydrogen) atoms. The maximum absolute atomic E-state index is 12.4. The molecule has 1 amide bonds. The molecule has 94 valence electrons. The van der Waals surface area contributed by atoms with Crippen LogP contribution in [0, 0.1) is 0 Å². The van der Waals surface area contributed by atoms with Crippen LogP contribution in [0.25, 0.3) is 0 Å². The highest BCUT2D eigenvalue weighted by atomic mass is 32.1. The smallest absolute Gasteiger partial charge is 0.251 e. The second-order valence-corrected chi connectivity index (χ2v) is 5.85. The summed E-state index contributed by atoms with van der Waals surface area (Å²) < 4.78 is 0. The summed E-state index contributed by atoms with van der Waals surface area (Å²) in [7, 11) is 0. The van der Waals surface area contributed by atoms with Gasteiger partial charge in [0.05, 0.1) is 0 Å². The van der Waals surface area contributed by atoms with Gasteiger partial charge >= 0.3 is 0 Å². The number of rotatable bonds is 1. The third-order valence-corrected chi connectivity index (χ3v) is 4.85. The molecule has 3 rings (SSSR count). The topological polar surface area (TPSA) is 23.6 Å². The van der Waals surface area contributed by atoms with E-state index >= 15 is 0 Å². The molecule has 3 nitrogen and oxygen atoms in total. The van der Waals surface area contributed by atoms with Crippen molar-refractivity contribution in [2.24, 2.45) is 0 Å². The molecule has 4 heteroatoms. The van der Waals surface area contributed by atoms with Crippen molar-refractivity contribution < 1.29 is 4.79 Å². The fourth-order valence-corrected chi connectivity index (χ4v) is 3.94. The van der Waals surface area contributed by atoms with Crippen LogP contribution < -0.4 is 0 Å². The molecule has 0 spiro atoms. The first-order valence-electron chi connectivity index (χ1n) is 6.93. The molecular weight excluding hydrogens is 232 g/mol. The lowest BCUT2D eigenvalue weighted by Gasteiger charge is -2.31. The van der Waals surface area contributed by atoms with Gasteiger partial charge in [0.1, 0.15) is 6.04 Å². The molecule has 0 aromatic rings. The summed E-state index contributed by atoms with van der Waals surface area (Å²) in [4.78, 5) is 16.6. The first kappa shape index (κ1) is 11.5. The molecule has 3 aliphatic rings. The Kier molecular flexibility index (Phi) is 3.07. The van der Waals surface area contributed by atoms with Crippen LogP contribution in [0.15, 0.2) is 0 Å². The van der Waals surface area contributed by atoms with Crippen LogP contribution in [0.5, 0.6) is 0 Å². The van der Waals surface area contributed by atoms with Gasteiger partial charge in [-0.2, -0.15) is 0 Å². The van der Waals surface area contributed by atoms with Gasteiger partial charge in [-0.05, 0) is 44.3 Å². The van der Waals surface area contributed by atoms with Gasteiger partial charge < -0.3 is 4.90 Å². The number of fused-ring (bicyclic) bond motifs is 1. The van der Waals surface area contributed by atoms with Gasteiger partial charge in [0, 0.05) is 12.6 Å². The van der Waals surface area contributed by atoms with Gasteiger partial charge in [0.25, 0.3) is 5.91 Å². The number of hydrogen-bond acceptors (Lipinski definition) is 2. The molecule has 0 bridgehead atoms. The molecule has 1 saturated carbocycles. The van der Waals surface area contributed by atoms with E-state index in [1.165, 1.54) is 32.1 Å². The Morgan fingerprint density at radius 2 is 1.71 bits per heavy atom. The van der Waals surface area contributed by atoms with Crippen molar-refractivity contribution >= 4 is 23.2 Å². The highest BCUT2D eigenvalue weighted by Gasteiger charge is 2.45. The number of nitrogens with zero attached hydrogens (tertiary/aromatic N) is 2. The van der Waals surface area contributed by atoms with Crippen LogP contribution in [0.4, 0.5) is 0 Å². The molecule has 2 aliphatic heterocycles. The third kappa shape index (κ3) is 1.86. The summed E-state index contributed by atoms with van der Waals surface area (Å²) in [6.45, 7) is 0.985. The van der Waals surface area contributed by atoms with E-state index in [4.69, 9.17) is 12.2 Å². The molecule has 0 aromatic carbocycles. The average molecular weight is 252 g/mol. The monoisotopic (exact) mass is 252 g/mol. The number of carbonyl (C=O) groups is 1. The largest absolute Gasteiger partial charge is 0.337 e. The lowest BCUT2D eigenvalue weighted by atomic mass is 9.94. The molecule has 0 radical (unpaired) electrons. The Morgan fingerprint density at radius 3 is 2.41 bits per heavy atom. The minimum atomic E-state index is 0.0816. The zero-order valence-corrected chi connectivity index (χ0v) is 11.0. The Morgan fingerprint density at radius 1 is 1.00 bits per heavy atom. The Hall–Kier alpha value is -0.640. The van der Waals surface area contributed by atoms with Crippen molar-refractivity contribution in [3.8, 4) is 0 Å². The van der Waals surface area contributed by atoms with E-state index in [1.807, 2.05) is 4.90 Å². The maximum Gasteiger partial charge on any atom is 0.251 e. The van der Waals surface area contributed by atoms with Crippen LogP contribution in [0.3, 0.4) is 0 Å². The molecule has 1 aliphatic carbocycles. The number of carbonyl (C=O) groups excluding carboxylic acids is 1. The van der Waals surface area contributed by atoms with Gasteiger partial charge in [0.2, 0.25) is 0 Å². The second kappa shape index (κ2) is 4.56. The summed E-state index contributed by atoms with van der Waals surface area (Å²) in [6, 6.07) is 0.479. The van der Waals surface area contributed by atoms with Crippen LogP contribution >= 0.6 is 12.2 Å². The van der Waals surface area contributed by atoms with E-state index < -0.39 is 0 Å². The number of piperidine rings is 1. The quantitative estimate of drug-likeness (QED) is 0.669. The van der Waals surface area contributed by atoms with Crippen LogP contribution in [-0.4, -0.2) is 39.4 Å². The summed E-state index contributed by atoms with van der Waals surface area (Å²) >= 11 is 5.53. The summed E-state index contributed by atoms with van der Waals surface area (Å²) in [5, 5.41) is 0.826. The SMILES string of the molecule is O=C1C2CCCCN2C(=S)N1C1CCCCC1. The zero-order chi connectivity index (χ0) is 11.8. The molecule has 1 atom stereocenters. The predicted molar refractivity (Wildman–Crippen MR) is 70.7 cm³/mol. The third-order valence-electron chi connectivity index (χ3n) is 4.42. The summed E-state index contributed by atoms with van der Waals surface area (Å²) in [5.41, 5.74) is 0.